The van der Waals surface area contributed by atoms with Crippen LogP contribution in [0.3, 0.4) is 0 Å². The van der Waals surface area contributed by atoms with E-state index in [1.54, 1.807) is 4.57 Å². The first-order valence-electron chi connectivity index (χ1n) is 7.49. The molecule has 2 aromatic rings. The maximum Gasteiger partial charge on any atom is 0.316 e. The Morgan fingerprint density at radius 2 is 2.00 bits per heavy atom. The lowest BCUT2D eigenvalue weighted by atomic mass is 10.2. The van der Waals surface area contributed by atoms with Crippen LogP contribution in [0.15, 0.2) is 9.95 Å². The maximum atomic E-state index is 12.7. The first-order valence-corrected chi connectivity index (χ1v) is 9.29. The molecule has 0 spiro atoms. The van der Waals surface area contributed by atoms with E-state index in [0.29, 0.717) is 17.1 Å². The van der Waals surface area contributed by atoms with E-state index in [2.05, 4.69) is 4.98 Å². The van der Waals surface area contributed by atoms with E-state index < -0.39 is 5.60 Å². The second kappa shape index (κ2) is 6.65. The summed E-state index contributed by atoms with van der Waals surface area (Å²) in [5.74, 6) is -0.170. The molecule has 0 bridgehead atoms. The second-order valence-electron chi connectivity index (χ2n) is 6.28. The van der Waals surface area contributed by atoms with Gasteiger partial charge >= 0.3 is 5.97 Å². The Morgan fingerprint density at radius 1 is 1.35 bits per heavy atom. The number of fused-ring (bicyclic) bond motifs is 1. The highest BCUT2D eigenvalue weighted by Crippen LogP contribution is 2.28. The first kappa shape index (κ1) is 18.0. The highest BCUT2D eigenvalue weighted by atomic mass is 32.2. The Labute approximate surface area is 144 Å². The molecule has 0 aliphatic rings. The van der Waals surface area contributed by atoms with Gasteiger partial charge in [0, 0.05) is 11.4 Å². The topological polar surface area (TPSA) is 61.2 Å². The van der Waals surface area contributed by atoms with E-state index in [1.165, 1.54) is 23.1 Å². The van der Waals surface area contributed by atoms with E-state index in [-0.39, 0.29) is 17.3 Å². The van der Waals surface area contributed by atoms with Crippen LogP contribution in [-0.2, 0) is 16.1 Å². The number of ether oxygens (including phenoxy) is 1. The van der Waals surface area contributed by atoms with Gasteiger partial charge in [-0.3, -0.25) is 14.2 Å². The van der Waals surface area contributed by atoms with Crippen LogP contribution in [-0.4, -0.2) is 26.9 Å². The predicted molar refractivity (Wildman–Crippen MR) is 95.6 cm³/mol. The molecular weight excluding hydrogens is 332 g/mol. The summed E-state index contributed by atoms with van der Waals surface area (Å²) in [6.45, 7) is 11.9. The van der Waals surface area contributed by atoms with Crippen molar-refractivity contribution in [3.8, 4) is 0 Å². The number of aryl methyl sites for hydroxylation is 2. The summed E-state index contributed by atoms with van der Waals surface area (Å²) in [6, 6.07) is 0. The molecule has 5 nitrogen and oxygen atoms in total. The van der Waals surface area contributed by atoms with Gasteiger partial charge in [-0.15, -0.1) is 11.3 Å². The molecule has 2 rings (SSSR count). The molecular formula is C16H22N2O3S2. The van der Waals surface area contributed by atoms with Crippen LogP contribution >= 0.6 is 23.1 Å². The van der Waals surface area contributed by atoms with Crippen molar-refractivity contribution in [2.45, 2.75) is 58.8 Å². The van der Waals surface area contributed by atoms with E-state index in [0.717, 1.165) is 15.3 Å². The Bertz CT molecular complexity index is 800. The monoisotopic (exact) mass is 354 g/mol. The molecule has 0 radical (unpaired) electrons. The lowest BCUT2D eigenvalue weighted by Gasteiger charge is -2.19. The molecule has 2 aromatic heterocycles. The largest absolute Gasteiger partial charge is 0.459 e. The van der Waals surface area contributed by atoms with E-state index >= 15 is 0 Å². The number of esters is 1. The third kappa shape index (κ3) is 3.95. The van der Waals surface area contributed by atoms with Crippen LogP contribution in [0, 0.1) is 13.8 Å². The summed E-state index contributed by atoms with van der Waals surface area (Å²) in [7, 11) is 0. The van der Waals surface area contributed by atoms with Gasteiger partial charge in [-0.1, -0.05) is 11.8 Å². The molecule has 0 atom stereocenters. The average Bonchev–Trinajstić information content (AvgIpc) is 2.70. The number of carbonyl (C=O) groups excluding carboxylic acids is 1. The zero-order valence-electron chi connectivity index (χ0n) is 14.3. The summed E-state index contributed by atoms with van der Waals surface area (Å²) in [5, 5.41) is 1.26. The third-order valence-electron chi connectivity index (χ3n) is 3.31. The van der Waals surface area contributed by atoms with E-state index in [4.69, 9.17) is 4.74 Å². The summed E-state index contributed by atoms with van der Waals surface area (Å²) >= 11 is 2.77. The summed E-state index contributed by atoms with van der Waals surface area (Å²) in [6.07, 6.45) is 0. The molecule has 0 aliphatic carbocycles. The van der Waals surface area contributed by atoms with E-state index in [1.807, 2.05) is 41.5 Å². The van der Waals surface area contributed by atoms with Crippen molar-refractivity contribution in [1.29, 1.82) is 0 Å². The van der Waals surface area contributed by atoms with Crippen molar-refractivity contribution >= 4 is 39.3 Å². The summed E-state index contributed by atoms with van der Waals surface area (Å²) < 4.78 is 6.92. The Hall–Kier alpha value is -1.34. The Kier molecular flexibility index (Phi) is 5.20. The fourth-order valence-electron chi connectivity index (χ4n) is 2.19. The zero-order chi connectivity index (χ0) is 17.4. The lowest BCUT2D eigenvalue weighted by molar-refractivity contribution is -0.151. The van der Waals surface area contributed by atoms with E-state index in [9.17, 15) is 9.59 Å². The molecule has 0 N–H and O–H groups in total. The smallest absolute Gasteiger partial charge is 0.316 e. The molecule has 0 fully saturated rings. The van der Waals surface area contributed by atoms with Crippen LogP contribution in [0.25, 0.3) is 10.2 Å². The van der Waals surface area contributed by atoms with Crippen LogP contribution in [0.4, 0.5) is 0 Å². The van der Waals surface area contributed by atoms with Gasteiger partial charge in [0.15, 0.2) is 5.16 Å². The number of hydrogen-bond acceptors (Lipinski definition) is 6. The lowest BCUT2D eigenvalue weighted by Crippen LogP contribution is -2.26. The molecule has 0 saturated heterocycles. The van der Waals surface area contributed by atoms with Crippen molar-refractivity contribution in [2.75, 3.05) is 5.75 Å². The summed E-state index contributed by atoms with van der Waals surface area (Å²) in [5.41, 5.74) is 0.445. The number of nitrogens with zero attached hydrogens (tertiary/aromatic N) is 2. The molecule has 0 saturated carbocycles. The van der Waals surface area contributed by atoms with Crippen molar-refractivity contribution in [1.82, 2.24) is 9.55 Å². The molecule has 2 heterocycles. The average molecular weight is 354 g/mol. The van der Waals surface area contributed by atoms with Crippen molar-refractivity contribution in [3.63, 3.8) is 0 Å². The molecule has 0 aliphatic heterocycles. The van der Waals surface area contributed by atoms with Gasteiger partial charge in [0.05, 0.1) is 11.1 Å². The predicted octanol–water partition coefficient (Wildman–Crippen LogP) is 3.53. The van der Waals surface area contributed by atoms with Crippen molar-refractivity contribution < 1.29 is 9.53 Å². The molecule has 0 unspecified atom stereocenters. The van der Waals surface area contributed by atoms with Gasteiger partial charge in [0.25, 0.3) is 5.56 Å². The minimum absolute atomic E-state index is 0.0361. The molecule has 7 heteroatoms. The number of aromatic nitrogens is 2. The van der Waals surface area contributed by atoms with Crippen molar-refractivity contribution in [3.05, 3.63) is 20.8 Å². The van der Waals surface area contributed by atoms with Crippen molar-refractivity contribution in [2.24, 2.45) is 0 Å². The van der Waals surface area contributed by atoms with Crippen LogP contribution in [0.2, 0.25) is 0 Å². The Morgan fingerprint density at radius 3 is 2.57 bits per heavy atom. The number of carbonyl (C=O) groups is 1. The standard InChI is InChI=1S/C16H22N2O3S2/c1-7-18-14(20)12-9(2)10(3)23-13(12)17-15(18)22-8-11(19)21-16(4,5)6/h7-8H2,1-6H3. The number of thiophene rings is 1. The summed E-state index contributed by atoms with van der Waals surface area (Å²) in [4.78, 5) is 31.0. The number of thioether (sulfide) groups is 1. The zero-order valence-corrected chi connectivity index (χ0v) is 16.0. The normalized spacial score (nSPS) is 11.9. The van der Waals surface area contributed by atoms with Gasteiger partial charge in [-0.25, -0.2) is 4.98 Å². The van der Waals surface area contributed by atoms with Crippen LogP contribution in [0.5, 0.6) is 0 Å². The first-order chi connectivity index (χ1) is 10.6. The maximum absolute atomic E-state index is 12.7. The molecule has 0 amide bonds. The molecule has 0 aromatic carbocycles. The van der Waals surface area contributed by atoms with Gasteiger partial charge in [-0.05, 0) is 47.1 Å². The van der Waals surface area contributed by atoms with Gasteiger partial charge in [0.2, 0.25) is 0 Å². The van der Waals surface area contributed by atoms with Gasteiger partial charge in [0.1, 0.15) is 10.4 Å². The fraction of sp³-hybridized carbons (Fsp3) is 0.562. The van der Waals surface area contributed by atoms with Crippen LogP contribution < -0.4 is 5.56 Å². The fourth-order valence-corrected chi connectivity index (χ4v) is 4.10. The minimum Gasteiger partial charge on any atom is -0.459 e. The SMILES string of the molecule is CCn1c(SCC(=O)OC(C)(C)C)nc2sc(C)c(C)c2c1=O. The third-order valence-corrected chi connectivity index (χ3v) is 5.36. The Balaban J connectivity index is 2.34. The van der Waals surface area contributed by atoms with Gasteiger partial charge in [-0.2, -0.15) is 0 Å². The van der Waals surface area contributed by atoms with Gasteiger partial charge < -0.3 is 4.74 Å². The minimum atomic E-state index is -0.512. The molecule has 23 heavy (non-hydrogen) atoms. The second-order valence-corrected chi connectivity index (χ2v) is 8.43. The number of hydrogen-bond donors (Lipinski definition) is 0. The number of rotatable bonds is 4. The van der Waals surface area contributed by atoms with Crippen LogP contribution in [0.1, 0.15) is 38.1 Å². The highest BCUT2D eigenvalue weighted by Gasteiger charge is 2.19. The highest BCUT2D eigenvalue weighted by molar-refractivity contribution is 7.99. The molecule has 126 valence electrons. The quantitative estimate of drug-likeness (QED) is 0.477.